The number of amides is 3. The van der Waals surface area contributed by atoms with Crippen LogP contribution in [0.2, 0.25) is 0 Å². The molecule has 3 rings (SSSR count). The molecule has 9 heteroatoms. The van der Waals surface area contributed by atoms with Crippen LogP contribution in [-0.4, -0.2) is 39.7 Å². The Bertz CT molecular complexity index is 1060. The number of esters is 1. The highest BCUT2D eigenvalue weighted by Crippen LogP contribution is 2.20. The zero-order valence-electron chi connectivity index (χ0n) is 16.7. The SMILES string of the molecule is CNC(=O)NC(=O)C(OC(=O)c1ccc(-n2nc(C)cc2C)nc1)c1ccccc1. The van der Waals surface area contributed by atoms with Crippen LogP contribution in [-0.2, 0) is 9.53 Å². The van der Waals surface area contributed by atoms with Crippen LogP contribution in [0.25, 0.3) is 5.82 Å². The molecule has 0 radical (unpaired) electrons. The summed E-state index contributed by atoms with van der Waals surface area (Å²) in [4.78, 5) is 40.9. The number of carbonyl (C=O) groups is 3. The zero-order chi connectivity index (χ0) is 21.7. The van der Waals surface area contributed by atoms with E-state index in [2.05, 4.69) is 20.7 Å². The molecule has 30 heavy (non-hydrogen) atoms. The van der Waals surface area contributed by atoms with E-state index in [1.165, 1.54) is 13.2 Å². The number of carbonyl (C=O) groups excluding carboxylic acids is 3. The Morgan fingerprint density at radius 2 is 1.80 bits per heavy atom. The Labute approximate surface area is 173 Å². The monoisotopic (exact) mass is 407 g/mol. The zero-order valence-corrected chi connectivity index (χ0v) is 16.7. The van der Waals surface area contributed by atoms with Gasteiger partial charge in [0, 0.05) is 24.5 Å². The molecule has 2 aromatic heterocycles. The minimum absolute atomic E-state index is 0.161. The summed E-state index contributed by atoms with van der Waals surface area (Å²) in [5, 5.41) is 8.77. The van der Waals surface area contributed by atoms with Gasteiger partial charge in [0.2, 0.25) is 6.10 Å². The molecule has 154 valence electrons. The molecule has 1 unspecified atom stereocenters. The maximum absolute atomic E-state index is 12.6. The molecule has 0 saturated carbocycles. The fourth-order valence-corrected chi connectivity index (χ4v) is 2.81. The first-order valence-corrected chi connectivity index (χ1v) is 9.17. The van der Waals surface area contributed by atoms with E-state index in [4.69, 9.17) is 4.74 Å². The molecule has 0 aliphatic heterocycles. The fraction of sp³-hybridized carbons (Fsp3) is 0.190. The summed E-state index contributed by atoms with van der Waals surface area (Å²) in [7, 11) is 1.38. The molecule has 3 aromatic rings. The van der Waals surface area contributed by atoms with E-state index in [0.717, 1.165) is 11.4 Å². The van der Waals surface area contributed by atoms with Crippen LogP contribution in [0, 0.1) is 13.8 Å². The second-order valence-corrected chi connectivity index (χ2v) is 6.51. The molecular weight excluding hydrogens is 386 g/mol. The molecule has 0 aliphatic carbocycles. The predicted molar refractivity (Wildman–Crippen MR) is 108 cm³/mol. The topological polar surface area (TPSA) is 115 Å². The van der Waals surface area contributed by atoms with Crippen LogP contribution in [0.15, 0.2) is 54.7 Å². The van der Waals surface area contributed by atoms with Gasteiger partial charge in [-0.1, -0.05) is 30.3 Å². The molecule has 2 heterocycles. The van der Waals surface area contributed by atoms with Gasteiger partial charge in [-0.2, -0.15) is 5.10 Å². The van der Waals surface area contributed by atoms with Crippen LogP contribution < -0.4 is 10.6 Å². The standard InChI is InChI=1S/C21H21N5O4/c1-13-11-14(2)26(25-13)17-10-9-16(12-23-17)20(28)30-18(15-7-5-4-6-8-15)19(27)24-21(29)22-3/h4-12,18H,1-3H3,(H2,22,24,27,29). The lowest BCUT2D eigenvalue weighted by Gasteiger charge is -2.17. The van der Waals surface area contributed by atoms with E-state index in [1.807, 2.05) is 19.9 Å². The molecule has 0 saturated heterocycles. The molecule has 1 atom stereocenters. The lowest BCUT2D eigenvalue weighted by molar-refractivity contribution is -0.129. The van der Waals surface area contributed by atoms with Crippen LogP contribution in [0.5, 0.6) is 0 Å². The smallest absolute Gasteiger partial charge is 0.340 e. The summed E-state index contributed by atoms with van der Waals surface area (Å²) in [6.45, 7) is 3.78. The number of rotatable bonds is 5. The number of pyridine rings is 1. The van der Waals surface area contributed by atoms with Crippen LogP contribution in [0.3, 0.4) is 0 Å². The highest BCUT2D eigenvalue weighted by molar-refractivity contribution is 5.99. The highest BCUT2D eigenvalue weighted by Gasteiger charge is 2.27. The molecule has 1 aromatic carbocycles. The summed E-state index contributed by atoms with van der Waals surface area (Å²) in [6, 6.07) is 12.8. The lowest BCUT2D eigenvalue weighted by Crippen LogP contribution is -2.41. The number of urea groups is 1. The van der Waals surface area contributed by atoms with E-state index in [1.54, 1.807) is 47.1 Å². The minimum Gasteiger partial charge on any atom is -0.444 e. The number of hydrogen-bond donors (Lipinski definition) is 2. The summed E-state index contributed by atoms with van der Waals surface area (Å²) >= 11 is 0. The third kappa shape index (κ3) is 4.69. The Morgan fingerprint density at radius 3 is 2.37 bits per heavy atom. The highest BCUT2D eigenvalue weighted by atomic mass is 16.5. The summed E-state index contributed by atoms with van der Waals surface area (Å²) in [5.74, 6) is -0.960. The van der Waals surface area contributed by atoms with Gasteiger partial charge >= 0.3 is 12.0 Å². The number of imide groups is 1. The first-order valence-electron chi connectivity index (χ1n) is 9.17. The van der Waals surface area contributed by atoms with E-state index >= 15 is 0 Å². The van der Waals surface area contributed by atoms with Crippen molar-refractivity contribution in [3.63, 3.8) is 0 Å². The number of hydrogen-bond acceptors (Lipinski definition) is 6. The van der Waals surface area contributed by atoms with Gasteiger partial charge in [-0.25, -0.2) is 19.3 Å². The summed E-state index contributed by atoms with van der Waals surface area (Å²) in [5.41, 5.74) is 2.35. The lowest BCUT2D eigenvalue weighted by atomic mass is 10.1. The van der Waals surface area contributed by atoms with E-state index in [-0.39, 0.29) is 5.56 Å². The van der Waals surface area contributed by atoms with Gasteiger partial charge in [-0.15, -0.1) is 0 Å². The van der Waals surface area contributed by atoms with Gasteiger partial charge in [0.25, 0.3) is 5.91 Å². The van der Waals surface area contributed by atoms with Gasteiger partial charge in [0.15, 0.2) is 5.82 Å². The number of benzene rings is 1. The second-order valence-electron chi connectivity index (χ2n) is 6.51. The second kappa shape index (κ2) is 8.99. The normalized spacial score (nSPS) is 11.4. The quantitative estimate of drug-likeness (QED) is 0.627. The van der Waals surface area contributed by atoms with Gasteiger partial charge in [0.1, 0.15) is 0 Å². The van der Waals surface area contributed by atoms with Crippen LogP contribution in [0.4, 0.5) is 4.79 Å². The average molecular weight is 407 g/mol. The van der Waals surface area contributed by atoms with E-state index in [0.29, 0.717) is 11.4 Å². The van der Waals surface area contributed by atoms with Crippen molar-refractivity contribution < 1.29 is 19.1 Å². The summed E-state index contributed by atoms with van der Waals surface area (Å²) < 4.78 is 7.07. The number of nitrogens with one attached hydrogen (secondary N) is 2. The van der Waals surface area contributed by atoms with Gasteiger partial charge in [-0.05, 0) is 32.0 Å². The maximum Gasteiger partial charge on any atom is 0.340 e. The first-order chi connectivity index (χ1) is 14.4. The van der Waals surface area contributed by atoms with Crippen molar-refractivity contribution in [1.82, 2.24) is 25.4 Å². The molecule has 9 nitrogen and oxygen atoms in total. The van der Waals surface area contributed by atoms with Crippen LogP contribution in [0.1, 0.15) is 33.4 Å². The van der Waals surface area contributed by atoms with Crippen LogP contribution >= 0.6 is 0 Å². The van der Waals surface area contributed by atoms with Gasteiger partial charge in [-0.3, -0.25) is 10.1 Å². The average Bonchev–Trinajstić information content (AvgIpc) is 3.10. The third-order valence-electron chi connectivity index (χ3n) is 4.24. The third-order valence-corrected chi connectivity index (χ3v) is 4.24. The molecule has 0 aliphatic rings. The Kier molecular flexibility index (Phi) is 6.21. The first kappa shape index (κ1) is 20.7. The van der Waals surface area contributed by atoms with Crippen molar-refractivity contribution >= 4 is 17.9 Å². The van der Waals surface area contributed by atoms with Crippen molar-refractivity contribution in [2.75, 3.05) is 7.05 Å². The van der Waals surface area contributed by atoms with Crippen molar-refractivity contribution in [2.45, 2.75) is 20.0 Å². The number of aryl methyl sites for hydroxylation is 2. The molecule has 0 bridgehead atoms. The van der Waals surface area contributed by atoms with Gasteiger partial charge in [0.05, 0.1) is 11.3 Å². The van der Waals surface area contributed by atoms with E-state index < -0.39 is 24.0 Å². The largest absolute Gasteiger partial charge is 0.444 e. The number of ether oxygens (including phenoxy) is 1. The van der Waals surface area contributed by atoms with Crippen molar-refractivity contribution in [3.05, 3.63) is 77.2 Å². The predicted octanol–water partition coefficient (Wildman–Crippen LogP) is 2.24. The molecule has 3 amide bonds. The van der Waals surface area contributed by atoms with Crippen molar-refractivity contribution in [1.29, 1.82) is 0 Å². The molecule has 2 N–H and O–H groups in total. The minimum atomic E-state index is -1.30. The number of nitrogens with zero attached hydrogens (tertiary/aromatic N) is 3. The Hall–Kier alpha value is -4.01. The Morgan fingerprint density at radius 1 is 1.07 bits per heavy atom. The number of aromatic nitrogens is 3. The van der Waals surface area contributed by atoms with Crippen molar-refractivity contribution in [2.24, 2.45) is 0 Å². The van der Waals surface area contributed by atoms with E-state index in [9.17, 15) is 14.4 Å². The molecular formula is C21H21N5O4. The molecule has 0 spiro atoms. The Balaban J connectivity index is 1.80. The maximum atomic E-state index is 12.6. The molecule has 0 fully saturated rings. The van der Waals surface area contributed by atoms with Crippen molar-refractivity contribution in [3.8, 4) is 5.82 Å². The fourth-order valence-electron chi connectivity index (χ4n) is 2.81. The summed E-state index contributed by atoms with van der Waals surface area (Å²) in [6.07, 6.45) is 0.0546. The van der Waals surface area contributed by atoms with Gasteiger partial charge < -0.3 is 10.1 Å².